The van der Waals surface area contributed by atoms with Gasteiger partial charge in [-0.2, -0.15) is 8.42 Å². The first-order valence-electron chi connectivity index (χ1n) is 17.4. The highest BCUT2D eigenvalue weighted by Gasteiger charge is 2.21. The quantitative estimate of drug-likeness (QED) is 0.0475. The van der Waals surface area contributed by atoms with Gasteiger partial charge in [0.25, 0.3) is 10.1 Å². The van der Waals surface area contributed by atoms with E-state index in [0.717, 1.165) is 24.0 Å². The Morgan fingerprint density at radius 3 is 1.78 bits per heavy atom. The third-order valence-electron chi connectivity index (χ3n) is 7.91. The molecule has 0 aromatic heterocycles. The maximum absolute atomic E-state index is 12.5. The number of unbranched alkanes of at least 4 members (excludes halogenated alkanes) is 15. The van der Waals surface area contributed by atoms with E-state index in [-0.39, 0.29) is 24.7 Å². The Labute approximate surface area is 279 Å². The van der Waals surface area contributed by atoms with Gasteiger partial charge in [-0.3, -0.25) is 4.18 Å². The second kappa shape index (κ2) is 24.5. The van der Waals surface area contributed by atoms with Crippen LogP contribution in [0.4, 0.5) is 0 Å². The Kier molecular flexibility index (Phi) is 21.7. The first-order chi connectivity index (χ1) is 22.2. The smallest absolute Gasteiger partial charge is 0.297 e. The zero-order valence-corrected chi connectivity index (χ0v) is 30.0. The molecule has 0 saturated heterocycles. The summed E-state index contributed by atoms with van der Waals surface area (Å²) in [6.07, 6.45) is 19.1. The predicted octanol–water partition coefficient (Wildman–Crippen LogP) is 9.09. The van der Waals surface area contributed by atoms with Crippen molar-refractivity contribution in [2.45, 2.75) is 134 Å². The molecule has 0 spiro atoms. The molecule has 1 unspecified atom stereocenters. The maximum atomic E-state index is 12.5. The Hall–Kier alpha value is -1.58. The van der Waals surface area contributed by atoms with Gasteiger partial charge in [0.15, 0.2) is 7.60 Å². The standard InChI is InChI=1S/C36H59O8PS/c1-3-4-5-6-7-8-9-10-11-12-13-14-15-16-17-21-28-41-30-35(42-29-34-22-19-18-20-23-34)31-43-45(37,38)32-44-46(39,40)36-26-24-33(2)25-27-36/h18-20,22-27,35H,3-17,21,28-32H2,1-2H3,(H,37,38)/p-1/t35-/m0/s1. The van der Waals surface area contributed by atoms with Crippen molar-refractivity contribution < 1.29 is 36.1 Å². The van der Waals surface area contributed by atoms with E-state index in [9.17, 15) is 17.9 Å². The molecular weight excluding hydrogens is 623 g/mol. The monoisotopic (exact) mass is 681 g/mol. The molecule has 0 aliphatic carbocycles. The SMILES string of the molecule is CCCCCCCCCCCCCCCCCCOC[C@@H](COP(=O)([O-])COS(=O)(=O)c1ccc(C)cc1)OCc1ccccc1. The summed E-state index contributed by atoms with van der Waals surface area (Å²) in [5, 5.41) is 0. The van der Waals surface area contributed by atoms with Gasteiger partial charge in [0.1, 0.15) is 12.5 Å². The Bertz CT molecular complexity index is 1170. The highest BCUT2D eigenvalue weighted by molar-refractivity contribution is 7.87. The Balaban J connectivity index is 1.61. The van der Waals surface area contributed by atoms with Gasteiger partial charge in [-0.05, 0) is 31.0 Å². The van der Waals surface area contributed by atoms with E-state index in [1.54, 1.807) is 12.1 Å². The second-order valence-corrected chi connectivity index (χ2v) is 15.6. The van der Waals surface area contributed by atoms with Crippen LogP contribution in [-0.2, 0) is 39.5 Å². The zero-order chi connectivity index (χ0) is 33.4. The lowest BCUT2D eigenvalue weighted by molar-refractivity contribution is -0.205. The average molecular weight is 682 g/mol. The normalized spacial score (nSPS) is 13.9. The summed E-state index contributed by atoms with van der Waals surface area (Å²) in [5.74, 6) is 0. The summed E-state index contributed by atoms with van der Waals surface area (Å²) in [4.78, 5) is 12.4. The molecule has 0 aliphatic heterocycles. The summed E-state index contributed by atoms with van der Waals surface area (Å²) in [6.45, 7) is 4.75. The van der Waals surface area contributed by atoms with E-state index in [1.165, 1.54) is 102 Å². The molecule has 0 N–H and O–H groups in total. The molecule has 46 heavy (non-hydrogen) atoms. The van der Waals surface area contributed by atoms with Crippen LogP contribution in [0.15, 0.2) is 59.5 Å². The lowest BCUT2D eigenvalue weighted by Gasteiger charge is -2.26. The fourth-order valence-electron chi connectivity index (χ4n) is 5.04. The number of ether oxygens (including phenoxy) is 2. The van der Waals surface area contributed by atoms with Gasteiger partial charge < -0.3 is 23.5 Å². The van der Waals surface area contributed by atoms with Crippen molar-refractivity contribution >= 4 is 17.7 Å². The molecule has 0 amide bonds. The van der Waals surface area contributed by atoms with Crippen LogP contribution < -0.4 is 4.89 Å². The van der Waals surface area contributed by atoms with Crippen molar-refractivity contribution in [2.75, 3.05) is 26.2 Å². The molecule has 262 valence electrons. The number of benzene rings is 2. The number of rotatable bonds is 29. The fourth-order valence-corrected chi connectivity index (χ4v) is 7.19. The van der Waals surface area contributed by atoms with Crippen LogP contribution in [0.3, 0.4) is 0 Å². The first kappa shape index (κ1) is 40.6. The number of hydrogen-bond donors (Lipinski definition) is 0. The lowest BCUT2D eigenvalue weighted by Crippen LogP contribution is -2.27. The minimum atomic E-state index is -4.63. The summed E-state index contributed by atoms with van der Waals surface area (Å²) in [5.41, 5.74) is 1.80. The predicted molar refractivity (Wildman–Crippen MR) is 183 cm³/mol. The van der Waals surface area contributed by atoms with Gasteiger partial charge in [-0.25, -0.2) is 0 Å². The van der Waals surface area contributed by atoms with Gasteiger partial charge in [0, 0.05) is 6.61 Å². The molecule has 0 aliphatic rings. The van der Waals surface area contributed by atoms with Gasteiger partial charge in [0.05, 0.1) is 24.7 Å². The Morgan fingerprint density at radius 1 is 0.717 bits per heavy atom. The minimum absolute atomic E-state index is 0.121. The number of hydrogen-bond acceptors (Lipinski definition) is 8. The average Bonchev–Trinajstić information content (AvgIpc) is 3.05. The van der Waals surface area contributed by atoms with E-state index in [0.29, 0.717) is 6.61 Å². The van der Waals surface area contributed by atoms with Crippen molar-refractivity contribution in [1.29, 1.82) is 0 Å². The summed E-state index contributed by atoms with van der Waals surface area (Å²) >= 11 is 0. The fraction of sp³-hybridized carbons (Fsp3) is 0.667. The van der Waals surface area contributed by atoms with Crippen LogP contribution in [0, 0.1) is 6.92 Å². The molecule has 0 radical (unpaired) electrons. The van der Waals surface area contributed by atoms with Crippen LogP contribution in [0.1, 0.15) is 121 Å². The van der Waals surface area contributed by atoms with Crippen molar-refractivity contribution in [3.05, 3.63) is 65.7 Å². The van der Waals surface area contributed by atoms with E-state index in [1.807, 2.05) is 37.3 Å². The van der Waals surface area contributed by atoms with E-state index >= 15 is 0 Å². The molecule has 2 atom stereocenters. The highest BCUT2D eigenvalue weighted by Crippen LogP contribution is 2.38. The third-order valence-corrected chi connectivity index (χ3v) is 10.3. The molecule has 0 heterocycles. The lowest BCUT2D eigenvalue weighted by atomic mass is 10.0. The highest BCUT2D eigenvalue weighted by atomic mass is 32.2. The minimum Gasteiger partial charge on any atom is -0.777 e. The summed E-state index contributed by atoms with van der Waals surface area (Å²) in [7, 11) is -8.88. The van der Waals surface area contributed by atoms with Gasteiger partial charge in [0.2, 0.25) is 0 Å². The second-order valence-electron chi connectivity index (χ2n) is 12.2. The van der Waals surface area contributed by atoms with Gasteiger partial charge >= 0.3 is 0 Å². The van der Waals surface area contributed by atoms with E-state index in [4.69, 9.17) is 18.2 Å². The van der Waals surface area contributed by atoms with Crippen molar-refractivity contribution in [3.8, 4) is 0 Å². The topological polar surface area (TPSA) is 111 Å². The molecule has 0 bridgehead atoms. The maximum Gasteiger partial charge on any atom is 0.297 e. The largest absolute Gasteiger partial charge is 0.777 e. The van der Waals surface area contributed by atoms with Crippen LogP contribution >= 0.6 is 7.60 Å². The van der Waals surface area contributed by atoms with Crippen LogP contribution in [0.2, 0.25) is 0 Å². The summed E-state index contributed by atoms with van der Waals surface area (Å²) in [6, 6.07) is 15.5. The van der Waals surface area contributed by atoms with Crippen molar-refractivity contribution in [2.24, 2.45) is 0 Å². The van der Waals surface area contributed by atoms with Gasteiger partial charge in [-0.15, -0.1) is 0 Å². The molecule has 10 heteroatoms. The molecule has 0 saturated carbocycles. The summed E-state index contributed by atoms with van der Waals surface area (Å²) < 4.78 is 58.9. The molecule has 2 aromatic carbocycles. The van der Waals surface area contributed by atoms with Gasteiger partial charge in [-0.1, -0.05) is 151 Å². The van der Waals surface area contributed by atoms with Crippen LogP contribution in [-0.4, -0.2) is 40.7 Å². The van der Waals surface area contributed by atoms with Crippen molar-refractivity contribution in [1.82, 2.24) is 0 Å². The van der Waals surface area contributed by atoms with Crippen LogP contribution in [0.5, 0.6) is 0 Å². The molecular formula is C36H58O8PS-. The molecule has 2 rings (SSSR count). The zero-order valence-electron chi connectivity index (χ0n) is 28.2. The molecule has 2 aromatic rings. The molecule has 0 fully saturated rings. The van der Waals surface area contributed by atoms with Crippen LogP contribution in [0.25, 0.3) is 0 Å². The number of aryl methyl sites for hydroxylation is 1. The molecule has 8 nitrogen and oxygen atoms in total. The Morgan fingerprint density at radius 2 is 1.24 bits per heavy atom. The third kappa shape index (κ3) is 19.9. The van der Waals surface area contributed by atoms with E-state index in [2.05, 4.69) is 6.92 Å². The van der Waals surface area contributed by atoms with Crippen molar-refractivity contribution in [3.63, 3.8) is 0 Å². The van der Waals surface area contributed by atoms with E-state index < -0.39 is 30.2 Å². The first-order valence-corrected chi connectivity index (χ1v) is 20.5.